The van der Waals surface area contributed by atoms with E-state index in [2.05, 4.69) is 27.9 Å². The van der Waals surface area contributed by atoms with Crippen molar-refractivity contribution in [2.45, 2.75) is 27.4 Å². The minimum Gasteiger partial charge on any atom is -0.490 e. The zero-order valence-corrected chi connectivity index (χ0v) is 24.4. The Bertz CT molecular complexity index is 1490. The smallest absolute Gasteiger partial charge is 0.335 e. The van der Waals surface area contributed by atoms with Crippen LogP contribution in [-0.4, -0.2) is 24.5 Å². The van der Waals surface area contributed by atoms with Gasteiger partial charge < -0.3 is 9.47 Å². The van der Waals surface area contributed by atoms with Crippen molar-refractivity contribution in [2.75, 3.05) is 11.5 Å². The number of hydrogen-bond donors (Lipinski definition) is 1. The lowest BCUT2D eigenvalue weighted by Gasteiger charge is -2.27. The molecule has 0 saturated carbocycles. The summed E-state index contributed by atoms with van der Waals surface area (Å²) in [7, 11) is 0. The van der Waals surface area contributed by atoms with Crippen LogP contribution in [0.4, 0.5) is 10.5 Å². The molecule has 196 valence electrons. The third-order valence-electron chi connectivity index (χ3n) is 5.70. The Labute approximate surface area is 243 Å². The van der Waals surface area contributed by atoms with Crippen LogP contribution in [0.25, 0.3) is 6.08 Å². The van der Waals surface area contributed by atoms with Crippen molar-refractivity contribution in [3.8, 4) is 11.5 Å². The zero-order chi connectivity index (χ0) is 27.6. The normalized spacial score (nSPS) is 14.6. The number of amides is 4. The van der Waals surface area contributed by atoms with Crippen LogP contribution in [0.5, 0.6) is 11.5 Å². The van der Waals surface area contributed by atoms with Gasteiger partial charge in [-0.25, -0.2) is 9.69 Å². The molecule has 7 nitrogen and oxygen atoms in total. The first-order valence-electron chi connectivity index (χ1n) is 11.6. The second kappa shape index (κ2) is 11.8. The minimum atomic E-state index is -0.792. The van der Waals surface area contributed by atoms with Crippen molar-refractivity contribution >= 4 is 75.4 Å². The third kappa shape index (κ3) is 5.98. The summed E-state index contributed by atoms with van der Waals surface area (Å²) in [6.07, 6.45) is 1.44. The van der Waals surface area contributed by atoms with Crippen LogP contribution in [-0.2, 0) is 16.2 Å². The molecule has 1 fully saturated rings. The molecule has 0 radical (unpaired) electrons. The van der Waals surface area contributed by atoms with Gasteiger partial charge in [-0.15, -0.1) is 0 Å². The van der Waals surface area contributed by atoms with E-state index in [0.717, 1.165) is 21.6 Å². The Morgan fingerprint density at radius 1 is 0.974 bits per heavy atom. The summed E-state index contributed by atoms with van der Waals surface area (Å²) < 4.78 is 12.6. The van der Waals surface area contributed by atoms with Crippen LogP contribution in [0.15, 0.2) is 54.1 Å². The lowest BCUT2D eigenvalue weighted by Crippen LogP contribution is -2.54. The first kappa shape index (κ1) is 27.9. The number of carbonyl (C=O) groups excluding carboxylic acids is 3. The molecule has 4 amide bonds. The van der Waals surface area contributed by atoms with Crippen LogP contribution >= 0.6 is 45.8 Å². The van der Waals surface area contributed by atoms with E-state index in [4.69, 9.17) is 32.7 Å². The van der Waals surface area contributed by atoms with Gasteiger partial charge in [0.1, 0.15) is 12.2 Å². The first-order valence-corrected chi connectivity index (χ1v) is 13.4. The van der Waals surface area contributed by atoms with Crippen LogP contribution in [0, 0.1) is 17.4 Å². The Morgan fingerprint density at radius 3 is 2.42 bits per heavy atom. The highest BCUT2D eigenvalue weighted by molar-refractivity contribution is 14.1. The maximum atomic E-state index is 13.4. The van der Waals surface area contributed by atoms with Gasteiger partial charge in [0.15, 0.2) is 11.5 Å². The Kier molecular flexibility index (Phi) is 8.64. The largest absolute Gasteiger partial charge is 0.490 e. The predicted molar refractivity (Wildman–Crippen MR) is 156 cm³/mol. The van der Waals surface area contributed by atoms with E-state index in [0.29, 0.717) is 43.0 Å². The van der Waals surface area contributed by atoms with E-state index in [-0.39, 0.29) is 12.2 Å². The maximum absolute atomic E-state index is 13.4. The van der Waals surface area contributed by atoms with Gasteiger partial charge in [0, 0.05) is 0 Å². The molecule has 3 aromatic carbocycles. The summed E-state index contributed by atoms with van der Waals surface area (Å²) in [5.41, 5.74) is 3.32. The Hall–Kier alpha value is -3.08. The highest BCUT2D eigenvalue weighted by Crippen LogP contribution is 2.36. The van der Waals surface area contributed by atoms with E-state index in [1.54, 1.807) is 43.3 Å². The predicted octanol–water partition coefficient (Wildman–Crippen LogP) is 6.86. The topological polar surface area (TPSA) is 84.9 Å². The molecular formula is C28H23Cl2IN2O5. The molecule has 1 aliphatic rings. The fraction of sp³-hybridized carbons (Fsp3) is 0.179. The number of carbonyl (C=O) groups is 3. The molecule has 4 rings (SSSR count). The molecule has 1 N–H and O–H groups in total. The summed E-state index contributed by atoms with van der Waals surface area (Å²) in [5, 5.41) is 3.15. The molecule has 1 heterocycles. The van der Waals surface area contributed by atoms with Crippen molar-refractivity contribution in [3.63, 3.8) is 0 Å². The number of aryl methyl sites for hydroxylation is 2. The molecular weight excluding hydrogens is 642 g/mol. The number of anilines is 1. The second-order valence-corrected chi connectivity index (χ2v) is 10.5. The lowest BCUT2D eigenvalue weighted by atomic mass is 10.0. The van der Waals surface area contributed by atoms with Crippen molar-refractivity contribution in [1.82, 2.24) is 5.32 Å². The summed E-state index contributed by atoms with van der Waals surface area (Å²) in [6.45, 7) is 6.15. The van der Waals surface area contributed by atoms with Crippen LogP contribution < -0.4 is 19.7 Å². The molecule has 10 heteroatoms. The van der Waals surface area contributed by atoms with Gasteiger partial charge in [0.2, 0.25) is 0 Å². The number of nitrogens with zero attached hydrogens (tertiary/aromatic N) is 1. The van der Waals surface area contributed by atoms with E-state index >= 15 is 0 Å². The number of nitrogens with one attached hydrogen (secondary N) is 1. The molecule has 0 spiro atoms. The third-order valence-corrected chi connectivity index (χ3v) is 7.25. The zero-order valence-electron chi connectivity index (χ0n) is 20.7. The Morgan fingerprint density at radius 2 is 1.74 bits per heavy atom. The van der Waals surface area contributed by atoms with Gasteiger partial charge in [-0.3, -0.25) is 14.9 Å². The summed E-state index contributed by atoms with van der Waals surface area (Å²) in [4.78, 5) is 39.6. The number of benzene rings is 3. The minimum absolute atomic E-state index is 0.174. The number of hydrogen-bond acceptors (Lipinski definition) is 5. The number of urea groups is 1. The number of ether oxygens (including phenoxy) is 2. The highest BCUT2D eigenvalue weighted by Gasteiger charge is 2.37. The fourth-order valence-electron chi connectivity index (χ4n) is 3.96. The van der Waals surface area contributed by atoms with E-state index in [1.165, 1.54) is 6.08 Å². The quantitative estimate of drug-likeness (QED) is 0.170. The van der Waals surface area contributed by atoms with Crippen LogP contribution in [0.1, 0.15) is 29.2 Å². The van der Waals surface area contributed by atoms with Gasteiger partial charge >= 0.3 is 6.03 Å². The molecule has 1 saturated heterocycles. The standard InChI is InChI=1S/C28H23Cl2IN2O5/c1-4-37-24-13-18(12-22(31)25(24)38-14-17-6-7-20(29)21(30)11-17)10-19-26(34)32-28(36)33(27(19)35)23-8-5-15(2)9-16(23)3/h5-13H,4,14H2,1-3H3,(H,32,34,36)/b19-10+. The van der Waals surface area contributed by atoms with Crippen molar-refractivity contribution in [1.29, 1.82) is 0 Å². The molecule has 38 heavy (non-hydrogen) atoms. The summed E-state index contributed by atoms with van der Waals surface area (Å²) >= 11 is 14.2. The molecule has 0 bridgehead atoms. The van der Waals surface area contributed by atoms with Crippen molar-refractivity contribution in [2.24, 2.45) is 0 Å². The molecule has 0 unspecified atom stereocenters. The number of imide groups is 2. The summed E-state index contributed by atoms with van der Waals surface area (Å²) in [5.74, 6) is -0.531. The monoisotopic (exact) mass is 664 g/mol. The average molecular weight is 665 g/mol. The first-order chi connectivity index (χ1) is 18.1. The van der Waals surface area contributed by atoms with Gasteiger partial charge in [0.05, 0.1) is 25.9 Å². The van der Waals surface area contributed by atoms with Crippen LogP contribution in [0.2, 0.25) is 10.0 Å². The SMILES string of the molecule is CCOc1cc(/C=C2\C(=O)NC(=O)N(c3ccc(C)cc3C)C2=O)cc(I)c1OCc1ccc(Cl)c(Cl)c1. The average Bonchev–Trinajstić information content (AvgIpc) is 2.85. The Balaban J connectivity index is 1.67. The second-order valence-electron chi connectivity index (χ2n) is 8.55. The lowest BCUT2D eigenvalue weighted by molar-refractivity contribution is -0.122. The molecule has 0 aliphatic carbocycles. The maximum Gasteiger partial charge on any atom is 0.335 e. The number of halogens is 3. The molecule has 0 atom stereocenters. The van der Waals surface area contributed by atoms with E-state index in [9.17, 15) is 14.4 Å². The van der Waals surface area contributed by atoms with Gasteiger partial charge in [-0.2, -0.15) is 0 Å². The molecule has 0 aromatic heterocycles. The summed E-state index contributed by atoms with van der Waals surface area (Å²) in [6, 6.07) is 13.2. The van der Waals surface area contributed by atoms with E-state index < -0.39 is 17.8 Å². The van der Waals surface area contributed by atoms with Crippen LogP contribution in [0.3, 0.4) is 0 Å². The highest BCUT2D eigenvalue weighted by atomic mass is 127. The fourth-order valence-corrected chi connectivity index (χ4v) is 5.06. The van der Waals surface area contributed by atoms with Crippen molar-refractivity contribution in [3.05, 3.63) is 90.0 Å². The van der Waals surface area contributed by atoms with Gasteiger partial charge in [-0.1, -0.05) is 47.0 Å². The molecule has 3 aromatic rings. The van der Waals surface area contributed by atoms with Gasteiger partial charge in [-0.05, 0) is 96.5 Å². The van der Waals surface area contributed by atoms with Gasteiger partial charge in [0.25, 0.3) is 11.8 Å². The number of barbiturate groups is 1. The van der Waals surface area contributed by atoms with E-state index in [1.807, 2.05) is 26.0 Å². The number of rotatable bonds is 7. The van der Waals surface area contributed by atoms with Crippen molar-refractivity contribution < 1.29 is 23.9 Å². The molecule has 1 aliphatic heterocycles.